The third kappa shape index (κ3) is 4.18. The minimum Gasteiger partial charge on any atom is -0.465 e. The number of rotatable bonds is 4. The van der Waals surface area contributed by atoms with Crippen LogP contribution in [0, 0.1) is 16.7 Å². The van der Waals surface area contributed by atoms with Crippen molar-refractivity contribution in [3.63, 3.8) is 0 Å². The second-order valence-electron chi connectivity index (χ2n) is 8.02. The van der Waals surface area contributed by atoms with E-state index < -0.39 is 11.2 Å². The fraction of sp³-hybridized carbons (Fsp3) is 0.938. The quantitative estimate of drug-likeness (QED) is 0.806. The third-order valence-corrected chi connectivity index (χ3v) is 4.25. The van der Waals surface area contributed by atoms with Crippen LogP contribution in [0.5, 0.6) is 0 Å². The fourth-order valence-electron chi connectivity index (χ4n) is 2.60. The summed E-state index contributed by atoms with van der Waals surface area (Å²) in [6.45, 7) is 9.50. The highest BCUT2D eigenvalue weighted by Crippen LogP contribution is 2.43. The van der Waals surface area contributed by atoms with Crippen LogP contribution >= 0.6 is 0 Å². The predicted octanol–water partition coefficient (Wildman–Crippen LogP) is 2.12. The monoisotopic (exact) mass is 300 g/mol. The zero-order valence-electron chi connectivity index (χ0n) is 13.6. The molecule has 0 aromatic heterocycles. The molecule has 0 radical (unpaired) electrons. The molecule has 1 unspecified atom stereocenters. The molecule has 1 atom stereocenters. The largest absolute Gasteiger partial charge is 0.465 e. The molecule has 21 heavy (non-hydrogen) atoms. The summed E-state index contributed by atoms with van der Waals surface area (Å²) >= 11 is 0. The molecule has 1 N–H and O–H groups in total. The first-order valence-corrected chi connectivity index (χ1v) is 7.73. The summed E-state index contributed by atoms with van der Waals surface area (Å²) in [5, 5.41) is 9.19. The lowest BCUT2D eigenvalue weighted by atomic mass is 9.94. The van der Waals surface area contributed by atoms with Crippen molar-refractivity contribution >= 4 is 5.97 Å². The van der Waals surface area contributed by atoms with Crippen LogP contribution in [0.1, 0.15) is 47.0 Å². The molecule has 122 valence electrons. The van der Waals surface area contributed by atoms with E-state index in [0.717, 1.165) is 12.8 Å². The summed E-state index contributed by atoms with van der Waals surface area (Å²) in [6.07, 6.45) is 2.05. The molecule has 1 aliphatic heterocycles. The fourth-order valence-corrected chi connectivity index (χ4v) is 2.60. The van der Waals surface area contributed by atoms with Gasteiger partial charge in [0.15, 0.2) is 5.79 Å². The molecule has 0 bridgehead atoms. The van der Waals surface area contributed by atoms with Crippen LogP contribution in [0.25, 0.3) is 0 Å². The number of carbonyl (C=O) groups excluding carboxylic acids is 1. The summed E-state index contributed by atoms with van der Waals surface area (Å²) in [5.74, 6) is -0.961. The van der Waals surface area contributed by atoms with Gasteiger partial charge in [-0.05, 0) is 6.42 Å². The molecule has 2 aliphatic rings. The van der Waals surface area contributed by atoms with Crippen LogP contribution in [0.3, 0.4) is 0 Å². The lowest BCUT2D eigenvalue weighted by molar-refractivity contribution is -0.295. The van der Waals surface area contributed by atoms with Gasteiger partial charge in [-0.1, -0.05) is 27.7 Å². The SMILES string of the molecule is CC(C)(CO)COC(=O)C1CCC2(C1)OCC(C)(C)CO2. The maximum Gasteiger partial charge on any atom is 0.309 e. The summed E-state index contributed by atoms with van der Waals surface area (Å²) in [4.78, 5) is 12.1. The van der Waals surface area contributed by atoms with Gasteiger partial charge < -0.3 is 19.3 Å². The molecule has 2 rings (SSSR count). The van der Waals surface area contributed by atoms with Crippen molar-refractivity contribution in [1.82, 2.24) is 0 Å². The van der Waals surface area contributed by atoms with Gasteiger partial charge in [-0.2, -0.15) is 0 Å². The van der Waals surface area contributed by atoms with Crippen molar-refractivity contribution in [2.24, 2.45) is 16.7 Å². The van der Waals surface area contributed by atoms with Crippen molar-refractivity contribution in [1.29, 1.82) is 0 Å². The number of hydrogen-bond donors (Lipinski definition) is 1. The van der Waals surface area contributed by atoms with Gasteiger partial charge in [0.1, 0.15) is 0 Å². The van der Waals surface area contributed by atoms with E-state index in [1.807, 2.05) is 13.8 Å². The van der Waals surface area contributed by atoms with Crippen molar-refractivity contribution in [2.45, 2.75) is 52.7 Å². The average Bonchev–Trinajstić information content (AvgIpc) is 2.85. The van der Waals surface area contributed by atoms with E-state index in [1.165, 1.54) is 0 Å². The van der Waals surface area contributed by atoms with E-state index in [4.69, 9.17) is 14.2 Å². The van der Waals surface area contributed by atoms with Gasteiger partial charge in [-0.15, -0.1) is 0 Å². The Balaban J connectivity index is 1.84. The molecule has 5 nitrogen and oxygen atoms in total. The number of esters is 1. The van der Waals surface area contributed by atoms with Gasteiger partial charge in [-0.25, -0.2) is 0 Å². The Morgan fingerprint density at radius 2 is 1.95 bits per heavy atom. The van der Waals surface area contributed by atoms with E-state index in [0.29, 0.717) is 19.6 Å². The highest BCUT2D eigenvalue weighted by Gasteiger charge is 2.48. The maximum atomic E-state index is 12.1. The molecule has 5 heteroatoms. The first-order valence-electron chi connectivity index (χ1n) is 7.73. The Morgan fingerprint density at radius 3 is 2.52 bits per heavy atom. The second kappa shape index (κ2) is 5.86. The van der Waals surface area contributed by atoms with Crippen LogP contribution in [-0.2, 0) is 19.0 Å². The molecule has 1 saturated heterocycles. The molecule has 1 saturated carbocycles. The smallest absolute Gasteiger partial charge is 0.309 e. The molecule has 0 aromatic rings. The molecule has 0 aromatic carbocycles. The zero-order chi connectivity index (χ0) is 15.7. The lowest BCUT2D eigenvalue weighted by Crippen LogP contribution is -2.46. The van der Waals surface area contributed by atoms with Crippen molar-refractivity contribution in [2.75, 3.05) is 26.4 Å². The van der Waals surface area contributed by atoms with Crippen molar-refractivity contribution in [3.05, 3.63) is 0 Å². The Labute approximate surface area is 126 Å². The number of aliphatic hydroxyl groups is 1. The zero-order valence-corrected chi connectivity index (χ0v) is 13.6. The molecule has 0 amide bonds. The van der Waals surface area contributed by atoms with E-state index in [1.54, 1.807) is 0 Å². The van der Waals surface area contributed by atoms with Gasteiger partial charge in [-0.3, -0.25) is 4.79 Å². The van der Waals surface area contributed by atoms with Crippen molar-refractivity contribution < 1.29 is 24.1 Å². The summed E-state index contributed by atoms with van der Waals surface area (Å²) in [5.41, 5.74) is -0.358. The minimum absolute atomic E-state index is 0.00378. The van der Waals surface area contributed by atoms with Crippen LogP contribution in [0.2, 0.25) is 0 Å². The first-order chi connectivity index (χ1) is 9.67. The van der Waals surface area contributed by atoms with E-state index in [2.05, 4.69) is 13.8 Å². The predicted molar refractivity (Wildman–Crippen MR) is 77.6 cm³/mol. The molecule has 1 heterocycles. The Bertz CT molecular complexity index is 378. The molecule has 2 fully saturated rings. The summed E-state index contributed by atoms with van der Waals surface area (Å²) in [6, 6.07) is 0. The van der Waals surface area contributed by atoms with Crippen molar-refractivity contribution in [3.8, 4) is 0 Å². The normalized spacial score (nSPS) is 27.8. The van der Waals surface area contributed by atoms with E-state index >= 15 is 0 Å². The van der Waals surface area contributed by atoms with Crippen LogP contribution in [0.4, 0.5) is 0 Å². The lowest BCUT2D eigenvalue weighted by Gasteiger charge is -2.41. The standard InChI is InChI=1S/C16H28O5/c1-14(2,8-17)9-19-13(18)12-5-6-16(7-12)20-10-15(3,4)11-21-16/h12,17H,5-11H2,1-4H3. The van der Waals surface area contributed by atoms with Crippen LogP contribution in [-0.4, -0.2) is 43.3 Å². The minimum atomic E-state index is -0.592. The van der Waals surface area contributed by atoms with E-state index in [9.17, 15) is 9.90 Å². The van der Waals surface area contributed by atoms with Gasteiger partial charge in [0.05, 0.1) is 32.3 Å². The van der Waals surface area contributed by atoms with E-state index in [-0.39, 0.29) is 30.5 Å². The van der Waals surface area contributed by atoms with Crippen LogP contribution in [0.15, 0.2) is 0 Å². The number of hydrogen-bond acceptors (Lipinski definition) is 5. The average molecular weight is 300 g/mol. The van der Waals surface area contributed by atoms with Gasteiger partial charge in [0.2, 0.25) is 0 Å². The highest BCUT2D eigenvalue weighted by molar-refractivity contribution is 5.73. The number of carbonyl (C=O) groups is 1. The topological polar surface area (TPSA) is 65.0 Å². The third-order valence-electron chi connectivity index (χ3n) is 4.25. The Kier molecular flexibility index (Phi) is 4.66. The molecular weight excluding hydrogens is 272 g/mol. The summed E-state index contributed by atoms with van der Waals surface area (Å²) < 4.78 is 17.2. The Morgan fingerprint density at radius 1 is 1.33 bits per heavy atom. The molecule has 1 spiro atoms. The Hall–Kier alpha value is -0.650. The van der Waals surface area contributed by atoms with Gasteiger partial charge in [0.25, 0.3) is 0 Å². The van der Waals surface area contributed by atoms with Gasteiger partial charge >= 0.3 is 5.97 Å². The second-order valence-corrected chi connectivity index (χ2v) is 8.02. The number of ether oxygens (including phenoxy) is 3. The molecule has 1 aliphatic carbocycles. The maximum absolute atomic E-state index is 12.1. The first kappa shape index (κ1) is 16.7. The number of aliphatic hydroxyl groups excluding tert-OH is 1. The summed E-state index contributed by atoms with van der Waals surface area (Å²) in [7, 11) is 0. The molecular formula is C16H28O5. The van der Waals surface area contributed by atoms with Crippen LogP contribution < -0.4 is 0 Å². The van der Waals surface area contributed by atoms with Gasteiger partial charge in [0, 0.05) is 23.7 Å². The highest BCUT2D eigenvalue weighted by atomic mass is 16.7.